The zero-order valence-corrected chi connectivity index (χ0v) is 16.3. The molecule has 0 heterocycles. The number of para-hydroxylation sites is 1. The molecule has 0 bridgehead atoms. The fourth-order valence-corrected chi connectivity index (χ4v) is 1.70. The number of hydrogen-bond acceptors (Lipinski definition) is 2. The van der Waals surface area contributed by atoms with Crippen molar-refractivity contribution in [3.05, 3.63) is 42.5 Å². The van der Waals surface area contributed by atoms with Gasteiger partial charge in [0, 0.05) is 25.2 Å². The summed E-state index contributed by atoms with van der Waals surface area (Å²) in [7, 11) is 1.78. The lowest BCUT2D eigenvalue weighted by Gasteiger charge is -2.21. The summed E-state index contributed by atoms with van der Waals surface area (Å²) in [6.07, 6.45) is 1.75. The first kappa shape index (κ1) is 20.8. The van der Waals surface area contributed by atoms with Crippen molar-refractivity contribution < 1.29 is 4.74 Å². The van der Waals surface area contributed by atoms with Crippen molar-refractivity contribution in [2.24, 2.45) is 10.9 Å². The van der Waals surface area contributed by atoms with Gasteiger partial charge in [0.05, 0.1) is 0 Å². The number of hydrogen-bond donors (Lipinski definition) is 2. The van der Waals surface area contributed by atoms with Gasteiger partial charge in [0.1, 0.15) is 12.4 Å². The second kappa shape index (κ2) is 11.3. The van der Waals surface area contributed by atoms with Crippen LogP contribution in [0.5, 0.6) is 5.75 Å². The third kappa shape index (κ3) is 7.15. The van der Waals surface area contributed by atoms with Gasteiger partial charge in [-0.3, -0.25) is 4.99 Å². The Hall–Kier alpha value is -1.24. The van der Waals surface area contributed by atoms with E-state index in [1.807, 2.05) is 24.3 Å². The molecule has 1 atom stereocenters. The van der Waals surface area contributed by atoms with Crippen LogP contribution in [0.25, 0.3) is 0 Å². The molecule has 1 aromatic carbocycles. The average molecular weight is 417 g/mol. The lowest BCUT2D eigenvalue weighted by atomic mass is 10.1. The minimum atomic E-state index is 0. The second-order valence-corrected chi connectivity index (χ2v) is 5.31. The largest absolute Gasteiger partial charge is 0.489 e. The summed E-state index contributed by atoms with van der Waals surface area (Å²) in [5, 5.41) is 6.70. The maximum absolute atomic E-state index is 5.65. The lowest BCUT2D eigenvalue weighted by Crippen LogP contribution is -2.43. The Morgan fingerprint density at radius 2 is 2.00 bits per heavy atom. The van der Waals surface area contributed by atoms with Gasteiger partial charge in [0.15, 0.2) is 5.96 Å². The fourth-order valence-electron chi connectivity index (χ4n) is 1.70. The Labute approximate surface area is 151 Å². The number of halogens is 1. The van der Waals surface area contributed by atoms with Crippen LogP contribution in [0.4, 0.5) is 0 Å². The summed E-state index contributed by atoms with van der Waals surface area (Å²) in [5.74, 6) is 2.22. The van der Waals surface area contributed by atoms with Crippen LogP contribution in [0.15, 0.2) is 41.9 Å². The molecular weight excluding hydrogens is 389 g/mol. The van der Waals surface area contributed by atoms with Gasteiger partial charge in [-0.2, -0.15) is 0 Å². The van der Waals surface area contributed by atoms with E-state index in [4.69, 9.17) is 4.74 Å². The second-order valence-electron chi connectivity index (χ2n) is 5.31. The van der Waals surface area contributed by atoms with Crippen molar-refractivity contribution in [1.29, 1.82) is 0 Å². The van der Waals surface area contributed by atoms with E-state index in [0.29, 0.717) is 25.1 Å². The van der Waals surface area contributed by atoms with Gasteiger partial charge < -0.3 is 15.4 Å². The van der Waals surface area contributed by atoms with Crippen LogP contribution in [-0.2, 0) is 6.54 Å². The van der Waals surface area contributed by atoms with Gasteiger partial charge in [0.2, 0.25) is 0 Å². The summed E-state index contributed by atoms with van der Waals surface area (Å²) in [5.41, 5.74) is 1.10. The number of aliphatic imine (C=N–C) groups is 1. The Kier molecular flexibility index (Phi) is 10.7. The molecule has 0 fully saturated rings. The van der Waals surface area contributed by atoms with Gasteiger partial charge in [-0.15, -0.1) is 24.0 Å². The predicted octanol–water partition coefficient (Wildman–Crippen LogP) is 3.58. The standard InChI is InChI=1S/C17H27N3O.HI/c1-6-11-21-16-10-8-7-9-15(16)12-19-17(18-5)20-14(4)13(2)3;/h6-10,13-14H,1,11-12H2,2-5H3,(H2,18,19,20);1H. The van der Waals surface area contributed by atoms with Crippen molar-refractivity contribution in [3.63, 3.8) is 0 Å². The van der Waals surface area contributed by atoms with Gasteiger partial charge >= 0.3 is 0 Å². The number of ether oxygens (including phenoxy) is 1. The Morgan fingerprint density at radius 3 is 2.59 bits per heavy atom. The first-order valence-electron chi connectivity index (χ1n) is 7.37. The fraction of sp³-hybridized carbons (Fsp3) is 0.471. The number of guanidine groups is 1. The Morgan fingerprint density at radius 1 is 1.32 bits per heavy atom. The molecule has 0 saturated heterocycles. The molecule has 22 heavy (non-hydrogen) atoms. The molecule has 0 aliphatic rings. The van der Waals surface area contributed by atoms with Crippen molar-refractivity contribution in [2.45, 2.75) is 33.4 Å². The number of nitrogens with zero attached hydrogens (tertiary/aromatic N) is 1. The van der Waals surface area contributed by atoms with Crippen molar-refractivity contribution in [2.75, 3.05) is 13.7 Å². The molecular formula is C17H28IN3O. The van der Waals surface area contributed by atoms with Gasteiger partial charge in [-0.1, -0.05) is 44.7 Å². The van der Waals surface area contributed by atoms with E-state index < -0.39 is 0 Å². The monoisotopic (exact) mass is 417 g/mol. The minimum Gasteiger partial charge on any atom is -0.489 e. The first-order chi connectivity index (χ1) is 10.1. The van der Waals surface area contributed by atoms with E-state index in [1.54, 1.807) is 13.1 Å². The van der Waals surface area contributed by atoms with Crippen LogP contribution in [0, 0.1) is 5.92 Å². The zero-order chi connectivity index (χ0) is 15.7. The minimum absolute atomic E-state index is 0. The molecule has 124 valence electrons. The van der Waals surface area contributed by atoms with Crippen LogP contribution in [0.2, 0.25) is 0 Å². The van der Waals surface area contributed by atoms with Crippen molar-refractivity contribution in [1.82, 2.24) is 10.6 Å². The molecule has 0 amide bonds. The third-order valence-electron chi connectivity index (χ3n) is 3.36. The highest BCUT2D eigenvalue weighted by molar-refractivity contribution is 14.0. The van der Waals surface area contributed by atoms with E-state index in [1.165, 1.54) is 0 Å². The molecule has 0 aromatic heterocycles. The highest BCUT2D eigenvalue weighted by Gasteiger charge is 2.09. The molecule has 2 N–H and O–H groups in total. The first-order valence-corrected chi connectivity index (χ1v) is 7.37. The SMILES string of the molecule is C=CCOc1ccccc1CNC(=NC)NC(C)C(C)C.I. The topological polar surface area (TPSA) is 45.6 Å². The van der Waals surface area contributed by atoms with E-state index >= 15 is 0 Å². The Bertz CT molecular complexity index is 475. The predicted molar refractivity (Wildman–Crippen MR) is 105 cm³/mol. The van der Waals surface area contributed by atoms with Crippen LogP contribution >= 0.6 is 24.0 Å². The number of nitrogens with one attached hydrogen (secondary N) is 2. The highest BCUT2D eigenvalue weighted by atomic mass is 127. The average Bonchev–Trinajstić information content (AvgIpc) is 2.49. The zero-order valence-electron chi connectivity index (χ0n) is 13.9. The summed E-state index contributed by atoms with van der Waals surface area (Å²) < 4.78 is 5.65. The maximum atomic E-state index is 5.65. The number of benzene rings is 1. The van der Waals surface area contributed by atoms with Gasteiger partial charge in [-0.25, -0.2) is 0 Å². The van der Waals surface area contributed by atoms with E-state index in [0.717, 1.165) is 17.3 Å². The van der Waals surface area contributed by atoms with E-state index in [-0.39, 0.29) is 24.0 Å². The van der Waals surface area contributed by atoms with Gasteiger partial charge in [-0.05, 0) is 18.9 Å². The molecule has 0 spiro atoms. The van der Waals surface area contributed by atoms with Crippen LogP contribution in [0.1, 0.15) is 26.3 Å². The molecule has 0 radical (unpaired) electrons. The number of rotatable bonds is 7. The summed E-state index contributed by atoms with van der Waals surface area (Å²) >= 11 is 0. The Balaban J connectivity index is 0.00000441. The van der Waals surface area contributed by atoms with E-state index in [9.17, 15) is 0 Å². The smallest absolute Gasteiger partial charge is 0.191 e. The summed E-state index contributed by atoms with van der Waals surface area (Å²) in [6, 6.07) is 8.35. The van der Waals surface area contributed by atoms with Crippen LogP contribution in [0.3, 0.4) is 0 Å². The van der Waals surface area contributed by atoms with Crippen molar-refractivity contribution in [3.8, 4) is 5.75 Å². The van der Waals surface area contributed by atoms with Crippen LogP contribution in [-0.4, -0.2) is 25.7 Å². The lowest BCUT2D eigenvalue weighted by molar-refractivity contribution is 0.358. The molecule has 1 aromatic rings. The quantitative estimate of drug-likeness (QED) is 0.309. The van der Waals surface area contributed by atoms with Crippen LogP contribution < -0.4 is 15.4 Å². The summed E-state index contributed by atoms with van der Waals surface area (Å²) in [4.78, 5) is 4.25. The molecule has 1 rings (SSSR count). The normalized spacial score (nSPS) is 12.3. The highest BCUT2D eigenvalue weighted by Crippen LogP contribution is 2.17. The molecule has 5 heteroatoms. The molecule has 0 saturated carbocycles. The third-order valence-corrected chi connectivity index (χ3v) is 3.36. The molecule has 0 aliphatic carbocycles. The molecule has 0 aliphatic heterocycles. The molecule has 1 unspecified atom stereocenters. The van der Waals surface area contributed by atoms with Crippen molar-refractivity contribution >= 4 is 29.9 Å². The maximum Gasteiger partial charge on any atom is 0.191 e. The summed E-state index contributed by atoms with van der Waals surface area (Å²) in [6.45, 7) is 11.4. The van der Waals surface area contributed by atoms with E-state index in [2.05, 4.69) is 43.0 Å². The molecule has 4 nitrogen and oxygen atoms in total. The van der Waals surface area contributed by atoms with Gasteiger partial charge in [0.25, 0.3) is 0 Å².